The Morgan fingerprint density at radius 3 is 2.59 bits per heavy atom. The quantitative estimate of drug-likeness (QED) is 0.660. The number of benzene rings is 1. The number of ketones is 1. The van der Waals surface area contributed by atoms with E-state index in [1.165, 1.54) is 27.0 Å². The number of aryl methyl sites for hydroxylation is 1. The van der Waals surface area contributed by atoms with Gasteiger partial charge < -0.3 is 24.1 Å². The number of fused-ring (bicyclic) bond motifs is 1. The summed E-state index contributed by atoms with van der Waals surface area (Å²) in [5, 5.41) is 10.4. The molecule has 8 heteroatoms. The number of rotatable bonds is 6. The number of hydrogen-bond donors (Lipinski definition) is 1. The molecule has 0 aromatic heterocycles. The van der Waals surface area contributed by atoms with Crippen LogP contribution >= 0.6 is 0 Å². The van der Waals surface area contributed by atoms with Crippen molar-refractivity contribution in [2.45, 2.75) is 71.2 Å². The molecule has 8 nitrogen and oxygen atoms in total. The van der Waals surface area contributed by atoms with Crippen LogP contribution in [0.4, 0.5) is 0 Å². The molecule has 0 radical (unpaired) electrons. The fourth-order valence-electron chi connectivity index (χ4n) is 4.89. The van der Waals surface area contributed by atoms with E-state index >= 15 is 0 Å². The lowest BCUT2D eigenvalue weighted by Crippen LogP contribution is -2.62. The lowest BCUT2D eigenvalue weighted by molar-refractivity contribution is -0.191. The molecule has 5 unspecified atom stereocenters. The summed E-state index contributed by atoms with van der Waals surface area (Å²) in [5.74, 6) is -2.13. The first-order valence-electron chi connectivity index (χ1n) is 11.0. The summed E-state index contributed by atoms with van der Waals surface area (Å²) in [4.78, 5) is 38.4. The topological polar surface area (TPSA) is 108 Å². The van der Waals surface area contributed by atoms with Gasteiger partial charge in [-0.15, -0.1) is 0 Å². The van der Waals surface area contributed by atoms with Gasteiger partial charge in [0.25, 0.3) is 0 Å². The van der Waals surface area contributed by atoms with Crippen molar-refractivity contribution in [2.75, 3.05) is 13.7 Å². The summed E-state index contributed by atoms with van der Waals surface area (Å²) < 4.78 is 22.2. The van der Waals surface area contributed by atoms with Gasteiger partial charge in [-0.3, -0.25) is 9.59 Å². The van der Waals surface area contributed by atoms with Gasteiger partial charge in [0.15, 0.2) is 5.78 Å². The van der Waals surface area contributed by atoms with Gasteiger partial charge in [-0.2, -0.15) is 0 Å². The molecule has 1 heterocycles. The first-order valence-corrected chi connectivity index (χ1v) is 11.0. The summed E-state index contributed by atoms with van der Waals surface area (Å²) in [6.07, 6.45) is 2.12. The summed E-state index contributed by atoms with van der Waals surface area (Å²) in [5.41, 5.74) is -1.32. The number of methoxy groups -OCH3 is 1. The van der Waals surface area contributed by atoms with Gasteiger partial charge in [0, 0.05) is 18.9 Å². The minimum absolute atomic E-state index is 0.0138. The maximum atomic E-state index is 13.5. The second-order valence-corrected chi connectivity index (χ2v) is 8.88. The van der Waals surface area contributed by atoms with E-state index in [4.69, 9.17) is 18.9 Å². The van der Waals surface area contributed by atoms with E-state index in [0.717, 1.165) is 12.8 Å². The van der Waals surface area contributed by atoms with Gasteiger partial charge in [0.1, 0.15) is 23.2 Å². The molecular weight excluding hydrogens is 416 g/mol. The predicted octanol–water partition coefficient (Wildman–Crippen LogP) is 3.35. The molecule has 1 aromatic carbocycles. The average molecular weight is 449 g/mol. The summed E-state index contributed by atoms with van der Waals surface area (Å²) in [6.45, 7) is 6.71. The molecular formula is C24H32O8. The van der Waals surface area contributed by atoms with Gasteiger partial charge in [-0.25, -0.2) is 4.79 Å². The van der Waals surface area contributed by atoms with Gasteiger partial charge >= 0.3 is 11.9 Å². The fourth-order valence-corrected chi connectivity index (χ4v) is 4.89. The number of ether oxygens (including phenoxy) is 4. The van der Waals surface area contributed by atoms with E-state index in [-0.39, 0.29) is 35.7 Å². The lowest BCUT2D eigenvalue weighted by Gasteiger charge is -2.48. The Morgan fingerprint density at radius 1 is 1.28 bits per heavy atom. The molecule has 1 N–H and O–H groups in total. The third-order valence-corrected chi connectivity index (χ3v) is 6.56. The Kier molecular flexibility index (Phi) is 7.12. The fraction of sp³-hybridized carbons (Fsp3) is 0.625. The highest BCUT2D eigenvalue weighted by Crippen LogP contribution is 2.44. The van der Waals surface area contributed by atoms with Gasteiger partial charge in [0.2, 0.25) is 5.60 Å². The zero-order chi connectivity index (χ0) is 23.6. The molecule has 1 aromatic rings. The highest BCUT2D eigenvalue weighted by molar-refractivity contribution is 5.99. The Bertz CT molecular complexity index is 871. The van der Waals surface area contributed by atoms with Crippen LogP contribution in [0.1, 0.15) is 62.4 Å². The zero-order valence-electron chi connectivity index (χ0n) is 19.3. The first-order chi connectivity index (χ1) is 15.1. The van der Waals surface area contributed by atoms with Gasteiger partial charge in [-0.05, 0) is 50.7 Å². The molecule has 2 aliphatic rings. The monoisotopic (exact) mass is 448 g/mol. The van der Waals surface area contributed by atoms with Crippen LogP contribution in [0.5, 0.6) is 11.5 Å². The van der Waals surface area contributed by atoms with E-state index in [1.54, 1.807) is 13.0 Å². The zero-order valence-corrected chi connectivity index (χ0v) is 19.3. The van der Waals surface area contributed by atoms with Crippen LogP contribution in [0.3, 0.4) is 0 Å². The lowest BCUT2D eigenvalue weighted by atomic mass is 9.66. The van der Waals surface area contributed by atoms with Crippen LogP contribution in [-0.4, -0.2) is 54.4 Å². The van der Waals surface area contributed by atoms with E-state index < -0.39 is 29.6 Å². The van der Waals surface area contributed by atoms with Crippen molar-refractivity contribution in [3.8, 4) is 11.5 Å². The molecule has 0 bridgehead atoms. The van der Waals surface area contributed by atoms with Crippen molar-refractivity contribution in [2.24, 2.45) is 11.8 Å². The molecule has 5 atom stereocenters. The Morgan fingerprint density at radius 2 is 2.00 bits per heavy atom. The number of carbonyl (C=O) groups is 3. The normalized spacial score (nSPS) is 29.7. The van der Waals surface area contributed by atoms with Crippen LogP contribution in [0.25, 0.3) is 0 Å². The molecule has 3 rings (SSSR count). The second kappa shape index (κ2) is 9.48. The number of Topliss-reactive ketones (excluding diaryl/α,β-unsaturated/α-hetero) is 1. The van der Waals surface area contributed by atoms with Crippen molar-refractivity contribution in [1.29, 1.82) is 0 Å². The molecule has 1 aliphatic heterocycles. The smallest absolute Gasteiger partial charge is 0.343 e. The molecule has 1 saturated heterocycles. The highest BCUT2D eigenvalue weighted by Gasteiger charge is 2.57. The van der Waals surface area contributed by atoms with E-state index in [0.29, 0.717) is 24.2 Å². The molecule has 0 spiro atoms. The standard InChI is InChI=1S/C24H32O8/c1-6-7-16-9-15-10-20(31-14(3)25)24(4,22(27)18(15)12-30-16)32-23(28)21-13(2)8-17(29-5)11-19(21)26/h8,11,15-16,18,20,26H,6-7,9-10,12H2,1-5H3. The number of phenols is 1. The van der Waals surface area contributed by atoms with Gasteiger partial charge in [-0.1, -0.05) is 13.3 Å². The molecule has 1 saturated carbocycles. The van der Waals surface area contributed by atoms with E-state index in [2.05, 4.69) is 6.92 Å². The third kappa shape index (κ3) is 4.60. The Labute approximate surface area is 188 Å². The maximum absolute atomic E-state index is 13.5. The molecule has 2 fully saturated rings. The molecule has 1 aliphatic carbocycles. The Balaban J connectivity index is 1.90. The molecule has 0 amide bonds. The van der Waals surface area contributed by atoms with Crippen LogP contribution in [0.2, 0.25) is 0 Å². The molecule has 32 heavy (non-hydrogen) atoms. The largest absolute Gasteiger partial charge is 0.507 e. The predicted molar refractivity (Wildman–Crippen MR) is 115 cm³/mol. The Hall–Kier alpha value is -2.61. The number of carbonyl (C=O) groups excluding carboxylic acids is 3. The number of aromatic hydroxyl groups is 1. The van der Waals surface area contributed by atoms with Crippen LogP contribution in [0.15, 0.2) is 12.1 Å². The number of hydrogen-bond acceptors (Lipinski definition) is 8. The van der Waals surface area contributed by atoms with Crippen molar-refractivity contribution >= 4 is 17.7 Å². The maximum Gasteiger partial charge on any atom is 0.343 e. The highest BCUT2D eigenvalue weighted by atomic mass is 16.6. The van der Waals surface area contributed by atoms with Crippen molar-refractivity contribution < 1.29 is 38.4 Å². The second-order valence-electron chi connectivity index (χ2n) is 8.88. The molecule has 176 valence electrons. The summed E-state index contributed by atoms with van der Waals surface area (Å²) in [6, 6.07) is 2.89. The van der Waals surface area contributed by atoms with Crippen molar-refractivity contribution in [3.63, 3.8) is 0 Å². The third-order valence-electron chi connectivity index (χ3n) is 6.56. The summed E-state index contributed by atoms with van der Waals surface area (Å²) >= 11 is 0. The van der Waals surface area contributed by atoms with Crippen molar-refractivity contribution in [3.05, 3.63) is 23.3 Å². The van der Waals surface area contributed by atoms with Gasteiger partial charge in [0.05, 0.1) is 19.8 Å². The minimum atomic E-state index is -1.69. The van der Waals surface area contributed by atoms with Crippen LogP contribution in [0, 0.1) is 18.8 Å². The van der Waals surface area contributed by atoms with Crippen LogP contribution in [-0.2, 0) is 23.8 Å². The number of phenolic OH excluding ortho intramolecular Hbond substituents is 1. The average Bonchev–Trinajstić information content (AvgIpc) is 2.71. The first kappa shape index (κ1) is 24.0. The SMILES string of the molecule is CCCC1CC2CC(OC(C)=O)C(C)(OC(=O)c3c(C)cc(OC)cc3O)C(=O)C2CO1. The van der Waals surface area contributed by atoms with Crippen molar-refractivity contribution in [1.82, 2.24) is 0 Å². The minimum Gasteiger partial charge on any atom is -0.507 e. The number of esters is 2. The summed E-state index contributed by atoms with van der Waals surface area (Å²) in [7, 11) is 1.45. The van der Waals surface area contributed by atoms with E-state index in [9.17, 15) is 19.5 Å². The van der Waals surface area contributed by atoms with Crippen LogP contribution < -0.4 is 4.74 Å². The van der Waals surface area contributed by atoms with E-state index in [1.807, 2.05) is 0 Å².